The van der Waals surface area contributed by atoms with Crippen LogP contribution in [0.15, 0.2) is 16.9 Å². The van der Waals surface area contributed by atoms with Crippen molar-refractivity contribution in [2.45, 2.75) is 70.1 Å². The molecule has 29 heavy (non-hydrogen) atoms. The number of fused-ring (bicyclic) bond motifs is 1. The Kier molecular flexibility index (Phi) is 7.53. The number of aryl methyl sites for hydroxylation is 2. The van der Waals surface area contributed by atoms with Gasteiger partial charge in [-0.15, -0.1) is 0 Å². The number of aromatic nitrogens is 1. The van der Waals surface area contributed by atoms with E-state index in [1.165, 1.54) is 6.26 Å². The fourth-order valence-electron chi connectivity index (χ4n) is 4.65. The number of nitrogens with zero attached hydrogens (tertiary/aromatic N) is 1. The van der Waals surface area contributed by atoms with E-state index in [1.54, 1.807) is 18.6 Å². The van der Waals surface area contributed by atoms with Gasteiger partial charge in [-0.1, -0.05) is 6.07 Å². The molecule has 7 nitrogen and oxygen atoms in total. The molecule has 8 heteroatoms. The molecule has 0 aromatic carbocycles. The Morgan fingerprint density at radius 2 is 1.90 bits per heavy atom. The van der Waals surface area contributed by atoms with Crippen LogP contribution in [0.25, 0.3) is 0 Å². The molecule has 0 radical (unpaired) electrons. The molecule has 0 unspecified atom stereocenters. The molecule has 1 aromatic heterocycles. The number of ether oxygens (including phenoxy) is 2. The van der Waals surface area contributed by atoms with E-state index in [9.17, 15) is 13.2 Å². The van der Waals surface area contributed by atoms with Crippen LogP contribution < -0.4 is 10.3 Å². The van der Waals surface area contributed by atoms with E-state index in [1.807, 2.05) is 12.1 Å². The van der Waals surface area contributed by atoms with Crippen LogP contribution in [-0.2, 0) is 25.9 Å². The van der Waals surface area contributed by atoms with Crippen LogP contribution >= 0.6 is 0 Å². The van der Waals surface area contributed by atoms with Crippen molar-refractivity contribution in [3.8, 4) is 0 Å². The van der Waals surface area contributed by atoms with E-state index in [0.29, 0.717) is 30.9 Å². The molecule has 0 saturated heterocycles. The molecule has 2 heterocycles. The minimum absolute atomic E-state index is 0.0561. The smallest absolute Gasteiger partial charge is 0.254 e. The molecule has 0 amide bonds. The number of methoxy groups -OCH3 is 1. The molecule has 164 valence electrons. The Bertz CT molecular complexity index is 843. The number of hydrogen-bond acceptors (Lipinski definition) is 5. The van der Waals surface area contributed by atoms with Gasteiger partial charge in [-0.05, 0) is 63.9 Å². The normalized spacial score (nSPS) is 27.6. The quantitative estimate of drug-likeness (QED) is 0.688. The van der Waals surface area contributed by atoms with E-state index in [0.717, 1.165) is 44.4 Å². The predicted octanol–water partition coefficient (Wildman–Crippen LogP) is 2.17. The number of sulfonamides is 1. The third kappa shape index (κ3) is 5.90. The Morgan fingerprint density at radius 1 is 1.17 bits per heavy atom. The average Bonchev–Trinajstić information content (AvgIpc) is 2.68. The molecule has 0 spiro atoms. The van der Waals surface area contributed by atoms with Gasteiger partial charge in [0.1, 0.15) is 0 Å². The van der Waals surface area contributed by atoms with Crippen molar-refractivity contribution in [2.24, 2.45) is 5.92 Å². The highest BCUT2D eigenvalue weighted by Gasteiger charge is 2.33. The second-order valence-corrected chi connectivity index (χ2v) is 10.3. The van der Waals surface area contributed by atoms with E-state index in [2.05, 4.69) is 4.72 Å². The summed E-state index contributed by atoms with van der Waals surface area (Å²) in [6.45, 7) is 2.94. The molecule has 1 aliphatic carbocycles. The zero-order valence-corrected chi connectivity index (χ0v) is 18.5. The predicted molar refractivity (Wildman–Crippen MR) is 113 cm³/mol. The molecule has 1 aromatic rings. The molecule has 3 rings (SSSR count). The third-order valence-corrected chi connectivity index (χ3v) is 7.02. The highest BCUT2D eigenvalue weighted by atomic mass is 32.2. The molecule has 1 N–H and O–H groups in total. The summed E-state index contributed by atoms with van der Waals surface area (Å²) >= 11 is 0. The zero-order chi connectivity index (χ0) is 21.0. The SMILES string of the molecule is COCCC1CCC(OC[C@H]2[C@@H](NS(C)(=O)=O)CCc3ccc(C)c(=O)n32)CC1. The van der Waals surface area contributed by atoms with Crippen molar-refractivity contribution >= 4 is 10.0 Å². The van der Waals surface area contributed by atoms with Crippen molar-refractivity contribution < 1.29 is 17.9 Å². The molecule has 1 fully saturated rings. The summed E-state index contributed by atoms with van der Waals surface area (Å²) in [5.41, 5.74) is 1.56. The van der Waals surface area contributed by atoms with Crippen molar-refractivity contribution in [3.05, 3.63) is 33.7 Å². The van der Waals surface area contributed by atoms with Crippen LogP contribution in [0.3, 0.4) is 0 Å². The molecule has 1 aliphatic heterocycles. The van der Waals surface area contributed by atoms with Gasteiger partial charge in [0.15, 0.2) is 0 Å². The van der Waals surface area contributed by atoms with Crippen molar-refractivity contribution in [1.29, 1.82) is 0 Å². The standard InChI is InChI=1S/C21H34N2O5S/c1-15-4-7-17-8-11-19(22-29(3,25)26)20(23(17)21(15)24)14-28-18-9-5-16(6-10-18)12-13-27-2/h4,7,16,18-20,22H,5-6,8-14H2,1-3H3/t16?,18?,19-,20-/m0/s1. The van der Waals surface area contributed by atoms with Gasteiger partial charge in [0.25, 0.3) is 5.56 Å². The highest BCUT2D eigenvalue weighted by molar-refractivity contribution is 7.88. The monoisotopic (exact) mass is 426 g/mol. The van der Waals surface area contributed by atoms with E-state index in [4.69, 9.17) is 9.47 Å². The summed E-state index contributed by atoms with van der Waals surface area (Å²) in [6.07, 6.45) is 8.01. The van der Waals surface area contributed by atoms with Crippen LogP contribution in [0, 0.1) is 12.8 Å². The van der Waals surface area contributed by atoms with Gasteiger partial charge in [0, 0.05) is 31.0 Å². The van der Waals surface area contributed by atoms with Gasteiger partial charge >= 0.3 is 0 Å². The molecule has 0 bridgehead atoms. The Labute approximate surface area is 173 Å². The van der Waals surface area contributed by atoms with E-state index < -0.39 is 10.0 Å². The van der Waals surface area contributed by atoms with Crippen LogP contribution in [0.4, 0.5) is 0 Å². The van der Waals surface area contributed by atoms with Crippen molar-refractivity contribution in [3.63, 3.8) is 0 Å². The first-order valence-corrected chi connectivity index (χ1v) is 12.5. The maximum atomic E-state index is 12.8. The molecule has 1 saturated carbocycles. The zero-order valence-electron chi connectivity index (χ0n) is 17.7. The minimum Gasteiger partial charge on any atom is -0.385 e. The van der Waals surface area contributed by atoms with Crippen LogP contribution in [-0.4, -0.2) is 51.7 Å². The highest BCUT2D eigenvalue weighted by Crippen LogP contribution is 2.30. The lowest BCUT2D eigenvalue weighted by Crippen LogP contribution is -2.49. The van der Waals surface area contributed by atoms with Crippen molar-refractivity contribution in [1.82, 2.24) is 9.29 Å². The third-order valence-electron chi connectivity index (χ3n) is 6.29. The van der Waals surface area contributed by atoms with Crippen LogP contribution in [0.1, 0.15) is 55.8 Å². The van der Waals surface area contributed by atoms with Crippen molar-refractivity contribution in [2.75, 3.05) is 26.6 Å². The number of hydrogen-bond donors (Lipinski definition) is 1. The molecule has 2 aliphatic rings. The number of pyridine rings is 1. The fourth-order valence-corrected chi connectivity index (χ4v) is 5.47. The second-order valence-electron chi connectivity index (χ2n) is 8.54. The first-order valence-electron chi connectivity index (χ1n) is 10.6. The summed E-state index contributed by atoms with van der Waals surface area (Å²) < 4.78 is 39.7. The van der Waals surface area contributed by atoms with Gasteiger partial charge in [0.2, 0.25) is 10.0 Å². The summed E-state index contributed by atoms with van der Waals surface area (Å²) in [4.78, 5) is 12.8. The lowest BCUT2D eigenvalue weighted by atomic mass is 9.85. The molecular weight excluding hydrogens is 392 g/mol. The van der Waals surface area contributed by atoms with Gasteiger partial charge in [-0.2, -0.15) is 0 Å². The maximum Gasteiger partial charge on any atom is 0.254 e. The van der Waals surface area contributed by atoms with E-state index >= 15 is 0 Å². The van der Waals surface area contributed by atoms with Gasteiger partial charge < -0.3 is 14.0 Å². The number of rotatable bonds is 8. The Morgan fingerprint density at radius 3 is 2.55 bits per heavy atom. The summed E-state index contributed by atoms with van der Waals surface area (Å²) in [7, 11) is -1.64. The average molecular weight is 427 g/mol. The largest absolute Gasteiger partial charge is 0.385 e. The van der Waals surface area contributed by atoms with Crippen LogP contribution in [0.2, 0.25) is 0 Å². The lowest BCUT2D eigenvalue weighted by Gasteiger charge is -2.37. The first-order chi connectivity index (χ1) is 13.8. The topological polar surface area (TPSA) is 86.6 Å². The van der Waals surface area contributed by atoms with Crippen LogP contribution in [0.5, 0.6) is 0 Å². The second kappa shape index (κ2) is 9.73. The van der Waals surface area contributed by atoms with Gasteiger partial charge in [0.05, 0.1) is 25.0 Å². The lowest BCUT2D eigenvalue weighted by molar-refractivity contribution is -0.00897. The maximum absolute atomic E-state index is 12.8. The Balaban J connectivity index is 1.71. The van der Waals surface area contributed by atoms with Gasteiger partial charge in [-0.3, -0.25) is 4.79 Å². The van der Waals surface area contributed by atoms with Gasteiger partial charge in [-0.25, -0.2) is 13.1 Å². The molecule has 2 atom stereocenters. The molecular formula is C21H34N2O5S. The first kappa shape index (κ1) is 22.5. The summed E-state index contributed by atoms with van der Waals surface area (Å²) in [5.74, 6) is 0.690. The fraction of sp³-hybridized carbons (Fsp3) is 0.762. The summed E-state index contributed by atoms with van der Waals surface area (Å²) in [6, 6.07) is 3.15. The minimum atomic E-state index is -3.37. The number of nitrogens with one attached hydrogen (secondary N) is 1. The van der Waals surface area contributed by atoms with E-state index in [-0.39, 0.29) is 23.7 Å². The Hall–Kier alpha value is -1.22. The summed E-state index contributed by atoms with van der Waals surface area (Å²) in [5, 5.41) is 0.